The molecule has 8 heteroatoms. The lowest BCUT2D eigenvalue weighted by Gasteiger charge is -2.11. The van der Waals surface area contributed by atoms with E-state index in [9.17, 15) is 18.5 Å². The number of nitro benzene ring substituents is 1. The SMILES string of the molecule is O=[N+]([O-])c1c(CS(=O)(=O)c2cccc3ccccc23)cccc1OCCCCl. The first-order chi connectivity index (χ1) is 13.4. The van der Waals surface area contributed by atoms with Crippen LogP contribution in [0.25, 0.3) is 10.8 Å². The number of hydrogen-bond donors (Lipinski definition) is 0. The number of nitrogens with zero attached hydrogens (tertiary/aromatic N) is 1. The van der Waals surface area contributed by atoms with Gasteiger partial charge in [-0.2, -0.15) is 0 Å². The van der Waals surface area contributed by atoms with E-state index in [1.165, 1.54) is 18.2 Å². The van der Waals surface area contributed by atoms with Gasteiger partial charge in [-0.15, -0.1) is 11.6 Å². The molecule has 3 aromatic rings. The van der Waals surface area contributed by atoms with Crippen molar-refractivity contribution in [2.45, 2.75) is 17.1 Å². The average Bonchev–Trinajstić information content (AvgIpc) is 2.67. The Balaban J connectivity index is 2.02. The first-order valence-electron chi connectivity index (χ1n) is 8.59. The second-order valence-corrected chi connectivity index (χ2v) is 8.48. The second-order valence-electron chi connectivity index (χ2n) is 6.15. The highest BCUT2D eigenvalue weighted by Gasteiger charge is 2.27. The van der Waals surface area contributed by atoms with Crippen LogP contribution in [0.2, 0.25) is 0 Å². The molecule has 0 aliphatic carbocycles. The molecule has 0 bridgehead atoms. The number of hydrogen-bond acceptors (Lipinski definition) is 5. The molecule has 28 heavy (non-hydrogen) atoms. The van der Waals surface area contributed by atoms with E-state index in [4.69, 9.17) is 16.3 Å². The molecular weight excluding hydrogens is 402 g/mol. The quantitative estimate of drug-likeness (QED) is 0.228. The summed E-state index contributed by atoms with van der Waals surface area (Å²) in [5, 5.41) is 13.0. The molecule has 146 valence electrons. The van der Waals surface area contributed by atoms with E-state index in [1.54, 1.807) is 24.3 Å². The van der Waals surface area contributed by atoms with Crippen LogP contribution in [0.15, 0.2) is 65.6 Å². The smallest absolute Gasteiger partial charge is 0.315 e. The minimum Gasteiger partial charge on any atom is -0.487 e. The summed E-state index contributed by atoms with van der Waals surface area (Å²) in [7, 11) is -3.82. The monoisotopic (exact) mass is 419 g/mol. The van der Waals surface area contributed by atoms with Gasteiger partial charge in [-0.3, -0.25) is 10.1 Å². The predicted octanol–water partition coefficient (Wildman–Crippen LogP) is 4.73. The standard InChI is InChI=1S/C20H18ClNO5S/c21-12-5-13-27-18-10-3-8-16(20(18)22(23)24)14-28(25,26)19-11-4-7-15-6-1-2-9-17(15)19/h1-4,6-11H,5,12-14H2. The molecule has 0 atom stereocenters. The van der Waals surface area contributed by atoms with E-state index in [-0.39, 0.29) is 28.5 Å². The van der Waals surface area contributed by atoms with Gasteiger partial charge in [0.05, 0.1) is 22.2 Å². The van der Waals surface area contributed by atoms with Crippen molar-refractivity contribution in [2.24, 2.45) is 0 Å². The molecule has 0 radical (unpaired) electrons. The summed E-state index contributed by atoms with van der Waals surface area (Å²) in [6.07, 6.45) is 0.525. The fraction of sp³-hybridized carbons (Fsp3) is 0.200. The van der Waals surface area contributed by atoms with Gasteiger partial charge in [0.1, 0.15) is 0 Å². The summed E-state index contributed by atoms with van der Waals surface area (Å²) in [6, 6.07) is 16.6. The summed E-state index contributed by atoms with van der Waals surface area (Å²) in [5.74, 6) is -0.0896. The van der Waals surface area contributed by atoms with Gasteiger partial charge in [0, 0.05) is 16.8 Å². The molecule has 0 amide bonds. The molecule has 3 aromatic carbocycles. The summed E-state index contributed by atoms with van der Waals surface area (Å²) in [4.78, 5) is 11.2. The highest BCUT2D eigenvalue weighted by Crippen LogP contribution is 2.34. The Morgan fingerprint density at radius 3 is 2.46 bits per heavy atom. The van der Waals surface area contributed by atoms with Gasteiger partial charge in [0.2, 0.25) is 0 Å². The highest BCUT2D eigenvalue weighted by molar-refractivity contribution is 7.90. The van der Waals surface area contributed by atoms with E-state index in [0.717, 1.165) is 5.39 Å². The summed E-state index contributed by atoms with van der Waals surface area (Å²) >= 11 is 5.61. The second kappa shape index (κ2) is 8.58. The molecule has 0 N–H and O–H groups in total. The van der Waals surface area contributed by atoms with Crippen molar-refractivity contribution in [1.29, 1.82) is 0 Å². The van der Waals surface area contributed by atoms with Gasteiger partial charge in [0.25, 0.3) is 0 Å². The first-order valence-corrected chi connectivity index (χ1v) is 10.8. The Bertz CT molecular complexity index is 1110. The molecular formula is C20H18ClNO5S. The van der Waals surface area contributed by atoms with Crippen LogP contribution in [0.1, 0.15) is 12.0 Å². The molecule has 3 rings (SSSR count). The molecule has 0 saturated carbocycles. The van der Waals surface area contributed by atoms with Crippen molar-refractivity contribution in [2.75, 3.05) is 12.5 Å². The Kier molecular flexibility index (Phi) is 6.16. The van der Waals surface area contributed by atoms with Crippen LogP contribution in [-0.4, -0.2) is 25.8 Å². The summed E-state index contributed by atoms with van der Waals surface area (Å²) in [6.45, 7) is 0.212. The molecule has 0 spiro atoms. The predicted molar refractivity (Wildman–Crippen MR) is 109 cm³/mol. The Morgan fingerprint density at radius 1 is 1.00 bits per heavy atom. The fourth-order valence-corrected chi connectivity index (χ4v) is 4.71. The van der Waals surface area contributed by atoms with E-state index in [1.807, 2.05) is 18.2 Å². The number of sulfone groups is 1. The molecule has 0 fully saturated rings. The maximum absolute atomic E-state index is 13.1. The zero-order valence-corrected chi connectivity index (χ0v) is 16.4. The number of rotatable bonds is 8. The summed E-state index contributed by atoms with van der Waals surface area (Å²) in [5.41, 5.74) is -0.248. The number of benzene rings is 3. The molecule has 6 nitrogen and oxygen atoms in total. The van der Waals surface area contributed by atoms with Crippen molar-refractivity contribution in [3.63, 3.8) is 0 Å². The van der Waals surface area contributed by atoms with Crippen molar-refractivity contribution in [1.82, 2.24) is 0 Å². The Labute approximate surface area is 167 Å². The minimum absolute atomic E-state index is 0.0423. The van der Waals surface area contributed by atoms with Crippen LogP contribution in [0.5, 0.6) is 5.75 Å². The van der Waals surface area contributed by atoms with Crippen LogP contribution in [0.3, 0.4) is 0 Å². The highest BCUT2D eigenvalue weighted by atomic mass is 35.5. The van der Waals surface area contributed by atoms with Crippen LogP contribution < -0.4 is 4.74 Å². The number of ether oxygens (including phenoxy) is 1. The number of fused-ring (bicyclic) bond motifs is 1. The van der Waals surface area contributed by atoms with Crippen LogP contribution >= 0.6 is 11.6 Å². The van der Waals surface area contributed by atoms with E-state index >= 15 is 0 Å². The Morgan fingerprint density at radius 2 is 1.71 bits per heavy atom. The van der Waals surface area contributed by atoms with Crippen LogP contribution in [0.4, 0.5) is 5.69 Å². The molecule has 0 unspecified atom stereocenters. The van der Waals surface area contributed by atoms with Crippen molar-refractivity contribution in [3.05, 3.63) is 76.3 Å². The van der Waals surface area contributed by atoms with E-state index in [2.05, 4.69) is 0 Å². The van der Waals surface area contributed by atoms with Gasteiger partial charge in [-0.05, 0) is 23.9 Å². The lowest BCUT2D eigenvalue weighted by atomic mass is 10.1. The van der Waals surface area contributed by atoms with E-state index < -0.39 is 20.5 Å². The zero-order chi connectivity index (χ0) is 20.1. The lowest BCUT2D eigenvalue weighted by Crippen LogP contribution is -2.09. The van der Waals surface area contributed by atoms with Crippen molar-refractivity contribution < 1.29 is 18.1 Å². The third-order valence-electron chi connectivity index (χ3n) is 4.23. The maximum Gasteiger partial charge on any atom is 0.315 e. The third-order valence-corrected chi connectivity index (χ3v) is 6.22. The van der Waals surface area contributed by atoms with Gasteiger partial charge in [-0.1, -0.05) is 48.5 Å². The lowest BCUT2D eigenvalue weighted by molar-refractivity contribution is -0.386. The number of halogens is 1. The Hall–Kier alpha value is -2.64. The van der Waals surface area contributed by atoms with Crippen molar-refractivity contribution >= 4 is 37.9 Å². The number of nitro groups is 1. The van der Waals surface area contributed by atoms with E-state index in [0.29, 0.717) is 17.7 Å². The number of alkyl halides is 1. The molecule has 0 aliphatic heterocycles. The van der Waals surface area contributed by atoms with Crippen LogP contribution in [-0.2, 0) is 15.6 Å². The summed E-state index contributed by atoms with van der Waals surface area (Å²) < 4.78 is 31.6. The van der Waals surface area contributed by atoms with Gasteiger partial charge in [-0.25, -0.2) is 8.42 Å². The molecule has 0 heterocycles. The topological polar surface area (TPSA) is 86.5 Å². The van der Waals surface area contributed by atoms with Crippen LogP contribution in [0, 0.1) is 10.1 Å². The largest absolute Gasteiger partial charge is 0.487 e. The molecule has 0 aromatic heterocycles. The van der Waals surface area contributed by atoms with Gasteiger partial charge >= 0.3 is 5.69 Å². The normalized spacial score (nSPS) is 11.5. The fourth-order valence-electron chi connectivity index (χ4n) is 2.99. The zero-order valence-electron chi connectivity index (χ0n) is 14.9. The average molecular weight is 420 g/mol. The number of para-hydroxylation sites is 1. The van der Waals surface area contributed by atoms with Gasteiger partial charge in [0.15, 0.2) is 15.6 Å². The van der Waals surface area contributed by atoms with Gasteiger partial charge < -0.3 is 4.74 Å². The maximum atomic E-state index is 13.1. The first kappa shape index (κ1) is 20.1. The third kappa shape index (κ3) is 4.26. The van der Waals surface area contributed by atoms with Crippen molar-refractivity contribution in [3.8, 4) is 5.75 Å². The molecule has 0 saturated heterocycles. The molecule has 0 aliphatic rings. The minimum atomic E-state index is -3.82.